The summed E-state index contributed by atoms with van der Waals surface area (Å²) in [4.78, 5) is 17.2. The predicted molar refractivity (Wildman–Crippen MR) is 134 cm³/mol. The molecule has 0 aliphatic carbocycles. The number of nitrogens with zero attached hydrogens (tertiary/aromatic N) is 5. The van der Waals surface area contributed by atoms with E-state index in [1.807, 2.05) is 19.1 Å². The van der Waals surface area contributed by atoms with Gasteiger partial charge in [-0.25, -0.2) is 14.1 Å². The lowest BCUT2D eigenvalue weighted by molar-refractivity contribution is -0.116. The molecule has 176 valence electrons. The maximum Gasteiger partial charge on any atom is 0.246 e. The van der Waals surface area contributed by atoms with Crippen LogP contribution in [0.3, 0.4) is 0 Å². The summed E-state index contributed by atoms with van der Waals surface area (Å²) in [7, 11) is 0. The second-order valence-electron chi connectivity index (χ2n) is 8.03. The third kappa shape index (κ3) is 4.89. The first-order valence-electron chi connectivity index (χ1n) is 10.7. The summed E-state index contributed by atoms with van der Waals surface area (Å²) in [5, 5.41) is 13.4. The first-order valence-corrected chi connectivity index (χ1v) is 11.5. The van der Waals surface area contributed by atoms with Crippen LogP contribution in [0.1, 0.15) is 11.3 Å². The third-order valence-electron chi connectivity index (χ3n) is 5.50. The lowest BCUT2D eigenvalue weighted by Gasteiger charge is -2.06. The molecule has 0 bridgehead atoms. The van der Waals surface area contributed by atoms with Gasteiger partial charge in [0.25, 0.3) is 0 Å². The van der Waals surface area contributed by atoms with Crippen molar-refractivity contribution in [2.75, 3.05) is 5.32 Å². The molecule has 1 N–H and O–H groups in total. The quantitative estimate of drug-likeness (QED) is 0.317. The fourth-order valence-electron chi connectivity index (χ4n) is 3.94. The number of benzene rings is 2. The van der Waals surface area contributed by atoms with Gasteiger partial charge in [-0.15, -0.1) is 0 Å². The van der Waals surface area contributed by atoms with Crippen LogP contribution in [0.25, 0.3) is 22.2 Å². The minimum atomic E-state index is -0.302. The Bertz CT molecular complexity index is 1540. The molecule has 5 aromatic rings. The highest BCUT2D eigenvalue weighted by Gasteiger charge is 2.16. The predicted octanol–water partition coefficient (Wildman–Crippen LogP) is 5.74. The van der Waals surface area contributed by atoms with E-state index in [2.05, 4.69) is 20.5 Å². The highest BCUT2D eigenvalue weighted by Crippen LogP contribution is 2.30. The van der Waals surface area contributed by atoms with E-state index in [-0.39, 0.29) is 18.3 Å². The molecule has 0 atom stereocenters. The lowest BCUT2D eigenvalue weighted by Crippen LogP contribution is -2.19. The molecule has 0 saturated carbocycles. The van der Waals surface area contributed by atoms with Crippen molar-refractivity contribution < 1.29 is 9.18 Å². The zero-order valence-electron chi connectivity index (χ0n) is 18.5. The Hall–Kier alpha value is -3.75. The molecule has 1 amide bonds. The average Bonchev–Trinajstić information content (AvgIpc) is 3.40. The Morgan fingerprint density at radius 3 is 2.66 bits per heavy atom. The molecule has 0 unspecified atom stereocenters. The molecule has 3 heterocycles. The van der Waals surface area contributed by atoms with E-state index >= 15 is 0 Å². The van der Waals surface area contributed by atoms with Gasteiger partial charge < -0.3 is 5.32 Å². The Kier molecular flexibility index (Phi) is 6.23. The standard InChI is InChI=1S/C25H19Cl2FN6O/c1-15-24-20(17-3-5-18(28)6-4-17)8-9-29-25(24)34(32-15)14-23(35)31-19-11-30-33(13-19)12-16-2-7-21(26)22(27)10-16/h2-11,13H,12,14H2,1H3,(H,31,35). The van der Waals surface area contributed by atoms with Crippen LogP contribution in [0.15, 0.2) is 67.1 Å². The Morgan fingerprint density at radius 1 is 1.09 bits per heavy atom. The van der Waals surface area contributed by atoms with Crippen LogP contribution in [0.5, 0.6) is 0 Å². The van der Waals surface area contributed by atoms with Crippen molar-refractivity contribution in [1.82, 2.24) is 24.5 Å². The number of hydrogen-bond donors (Lipinski definition) is 1. The first-order chi connectivity index (χ1) is 16.9. The molecule has 0 spiro atoms. The number of carbonyl (C=O) groups excluding carboxylic acids is 1. The van der Waals surface area contributed by atoms with Gasteiger partial charge in [-0.1, -0.05) is 41.4 Å². The van der Waals surface area contributed by atoms with Crippen molar-refractivity contribution in [3.63, 3.8) is 0 Å². The zero-order chi connectivity index (χ0) is 24.5. The van der Waals surface area contributed by atoms with Crippen LogP contribution >= 0.6 is 23.2 Å². The van der Waals surface area contributed by atoms with Gasteiger partial charge in [0, 0.05) is 17.8 Å². The number of pyridine rings is 1. The molecule has 0 aliphatic rings. The highest BCUT2D eigenvalue weighted by molar-refractivity contribution is 6.42. The molecule has 0 radical (unpaired) electrons. The van der Waals surface area contributed by atoms with Crippen LogP contribution in [-0.4, -0.2) is 30.5 Å². The first kappa shape index (κ1) is 23.0. The number of halogens is 3. The number of aryl methyl sites for hydroxylation is 1. The zero-order valence-corrected chi connectivity index (χ0v) is 20.1. The molecule has 0 aliphatic heterocycles. The van der Waals surface area contributed by atoms with E-state index in [0.29, 0.717) is 27.9 Å². The summed E-state index contributed by atoms with van der Waals surface area (Å²) in [6.07, 6.45) is 4.97. The number of nitrogens with one attached hydrogen (secondary N) is 1. The van der Waals surface area contributed by atoms with Gasteiger partial charge >= 0.3 is 0 Å². The van der Waals surface area contributed by atoms with Crippen LogP contribution in [0, 0.1) is 12.7 Å². The van der Waals surface area contributed by atoms with Crippen molar-refractivity contribution >= 4 is 45.8 Å². The number of amides is 1. The molecular weight excluding hydrogens is 490 g/mol. The van der Waals surface area contributed by atoms with Crippen LogP contribution in [0.2, 0.25) is 10.0 Å². The molecule has 7 nitrogen and oxygen atoms in total. The van der Waals surface area contributed by atoms with Gasteiger partial charge in [-0.05, 0) is 53.9 Å². The fourth-order valence-corrected chi connectivity index (χ4v) is 4.26. The Balaban J connectivity index is 1.32. The fraction of sp³-hybridized carbons (Fsp3) is 0.120. The van der Waals surface area contributed by atoms with Gasteiger partial charge in [0.2, 0.25) is 5.91 Å². The summed E-state index contributed by atoms with van der Waals surface area (Å²) in [5.41, 5.74) is 4.53. The SMILES string of the molecule is Cc1nn(CC(=O)Nc2cnn(Cc3ccc(Cl)c(Cl)c3)c2)c2nccc(-c3ccc(F)cc3)c12. The molecule has 0 saturated heterocycles. The van der Waals surface area contributed by atoms with E-state index in [9.17, 15) is 9.18 Å². The van der Waals surface area contributed by atoms with Gasteiger partial charge in [0.1, 0.15) is 12.4 Å². The van der Waals surface area contributed by atoms with Crippen LogP contribution in [0.4, 0.5) is 10.1 Å². The van der Waals surface area contributed by atoms with Gasteiger partial charge in [-0.3, -0.25) is 9.48 Å². The van der Waals surface area contributed by atoms with Crippen LogP contribution < -0.4 is 5.32 Å². The lowest BCUT2D eigenvalue weighted by atomic mass is 10.0. The average molecular weight is 509 g/mol. The normalized spacial score (nSPS) is 11.2. The number of hydrogen-bond acceptors (Lipinski definition) is 4. The highest BCUT2D eigenvalue weighted by atomic mass is 35.5. The minimum Gasteiger partial charge on any atom is -0.322 e. The van der Waals surface area contributed by atoms with E-state index in [1.54, 1.807) is 52.2 Å². The molecule has 0 fully saturated rings. The number of aromatic nitrogens is 5. The summed E-state index contributed by atoms with van der Waals surface area (Å²) in [5.74, 6) is -0.569. The number of anilines is 1. The summed E-state index contributed by atoms with van der Waals surface area (Å²) < 4.78 is 16.6. The Morgan fingerprint density at radius 2 is 1.89 bits per heavy atom. The van der Waals surface area contributed by atoms with Gasteiger partial charge in [0.15, 0.2) is 5.65 Å². The van der Waals surface area contributed by atoms with E-state index < -0.39 is 0 Å². The number of rotatable bonds is 6. The molecular formula is C25H19Cl2FN6O. The second kappa shape index (κ2) is 9.48. The van der Waals surface area contributed by atoms with Crippen molar-refractivity contribution in [3.8, 4) is 11.1 Å². The third-order valence-corrected chi connectivity index (χ3v) is 6.24. The van der Waals surface area contributed by atoms with E-state index in [4.69, 9.17) is 23.2 Å². The van der Waals surface area contributed by atoms with Crippen LogP contribution in [-0.2, 0) is 17.9 Å². The summed E-state index contributed by atoms with van der Waals surface area (Å²) in [6, 6.07) is 13.5. The van der Waals surface area contributed by atoms with E-state index in [1.165, 1.54) is 12.1 Å². The smallest absolute Gasteiger partial charge is 0.246 e. The minimum absolute atomic E-state index is 0.0256. The summed E-state index contributed by atoms with van der Waals surface area (Å²) >= 11 is 12.0. The number of fused-ring (bicyclic) bond motifs is 1. The molecule has 35 heavy (non-hydrogen) atoms. The largest absolute Gasteiger partial charge is 0.322 e. The van der Waals surface area contributed by atoms with Crippen molar-refractivity contribution in [1.29, 1.82) is 0 Å². The number of carbonyl (C=O) groups is 1. The molecule has 2 aromatic carbocycles. The monoisotopic (exact) mass is 508 g/mol. The Labute approximate surface area is 210 Å². The van der Waals surface area contributed by atoms with Gasteiger partial charge in [-0.2, -0.15) is 10.2 Å². The van der Waals surface area contributed by atoms with Crippen molar-refractivity contribution in [3.05, 3.63) is 94.2 Å². The topological polar surface area (TPSA) is 77.6 Å². The van der Waals surface area contributed by atoms with Crippen molar-refractivity contribution in [2.45, 2.75) is 20.0 Å². The van der Waals surface area contributed by atoms with Crippen molar-refractivity contribution in [2.24, 2.45) is 0 Å². The van der Waals surface area contributed by atoms with Gasteiger partial charge in [0.05, 0.1) is 34.2 Å². The maximum absolute atomic E-state index is 13.4. The molecule has 5 rings (SSSR count). The molecule has 3 aromatic heterocycles. The summed E-state index contributed by atoms with van der Waals surface area (Å²) in [6.45, 7) is 2.31. The van der Waals surface area contributed by atoms with E-state index in [0.717, 1.165) is 27.8 Å². The maximum atomic E-state index is 13.4. The molecule has 10 heteroatoms. The second-order valence-corrected chi connectivity index (χ2v) is 8.84.